The Morgan fingerprint density at radius 2 is 1.48 bits per heavy atom. The fourth-order valence-corrected chi connectivity index (χ4v) is 3.31. The smallest absolute Gasteiger partial charge is 0.165 e. The van der Waals surface area contributed by atoms with Crippen molar-refractivity contribution in [2.45, 2.75) is 40.5 Å². The highest BCUT2D eigenvalue weighted by atomic mass is 19.2. The fourth-order valence-electron chi connectivity index (χ4n) is 3.31. The van der Waals surface area contributed by atoms with Crippen LogP contribution in [0.15, 0.2) is 24.3 Å². The average Bonchev–Trinajstić information content (AvgIpc) is 2.97. The molecule has 0 aromatic heterocycles. The van der Waals surface area contributed by atoms with Crippen molar-refractivity contribution in [3.63, 3.8) is 0 Å². The first kappa shape index (κ1) is 17.8. The van der Waals surface area contributed by atoms with E-state index in [1.165, 1.54) is 6.08 Å². The van der Waals surface area contributed by atoms with Crippen LogP contribution in [0.25, 0.3) is 0 Å². The molecule has 0 amide bonds. The largest absolute Gasteiger partial charge is 0.203 e. The van der Waals surface area contributed by atoms with Gasteiger partial charge in [0.25, 0.3) is 0 Å². The molecule has 1 aliphatic carbocycles. The minimum atomic E-state index is -1.31. The molecule has 1 aromatic carbocycles. The number of hydrogen-bond donors (Lipinski definition) is 0. The number of allylic oxidation sites excluding steroid dienone is 3. The Hall–Kier alpha value is -1.58. The van der Waals surface area contributed by atoms with E-state index in [9.17, 15) is 17.6 Å². The van der Waals surface area contributed by atoms with Crippen LogP contribution in [-0.2, 0) is 12.8 Å². The molecule has 0 aliphatic heterocycles. The van der Waals surface area contributed by atoms with Gasteiger partial charge in [0.1, 0.15) is 0 Å². The molecule has 0 radical (unpaired) electrons. The van der Waals surface area contributed by atoms with E-state index < -0.39 is 34.4 Å². The lowest BCUT2D eigenvalue weighted by Gasteiger charge is -2.11. The van der Waals surface area contributed by atoms with E-state index in [0.717, 1.165) is 5.57 Å². The van der Waals surface area contributed by atoms with Crippen molar-refractivity contribution in [1.82, 2.24) is 0 Å². The molecule has 0 bridgehead atoms. The Labute approximate surface area is 134 Å². The summed E-state index contributed by atoms with van der Waals surface area (Å²) in [7, 11) is 0. The van der Waals surface area contributed by atoms with Crippen LogP contribution >= 0.6 is 0 Å². The molecule has 1 saturated carbocycles. The van der Waals surface area contributed by atoms with Crippen molar-refractivity contribution < 1.29 is 17.6 Å². The van der Waals surface area contributed by atoms with Crippen molar-refractivity contribution in [2.24, 2.45) is 17.3 Å². The molecule has 23 heavy (non-hydrogen) atoms. The first-order chi connectivity index (χ1) is 10.6. The SMILES string of the molecule is C=CCc1c(F)c(F)c(C[C@@H]2[C@@H](C=C(C)C)C2(C)C)c(F)c1F. The van der Waals surface area contributed by atoms with Crippen LogP contribution in [0.4, 0.5) is 17.6 Å². The standard InChI is InChI=1S/C19H22F4/c1-6-7-11-15(20)17(22)12(18(23)16(11)21)9-14-13(8-10(2)3)19(14,4)5/h6,8,13-14H,1,7,9H2,2-5H3/t13-,14-/m1/s1. The van der Waals surface area contributed by atoms with Gasteiger partial charge in [0.05, 0.1) is 0 Å². The Balaban J connectivity index is 2.39. The molecule has 0 heterocycles. The lowest BCUT2D eigenvalue weighted by molar-refractivity contribution is 0.420. The van der Waals surface area contributed by atoms with E-state index in [2.05, 4.69) is 12.7 Å². The van der Waals surface area contributed by atoms with Crippen molar-refractivity contribution in [2.75, 3.05) is 0 Å². The second kappa shape index (κ2) is 6.14. The van der Waals surface area contributed by atoms with Crippen molar-refractivity contribution >= 4 is 0 Å². The molecular weight excluding hydrogens is 304 g/mol. The molecule has 0 saturated heterocycles. The van der Waals surface area contributed by atoms with E-state index in [1.54, 1.807) is 0 Å². The zero-order valence-corrected chi connectivity index (χ0v) is 13.9. The first-order valence-electron chi connectivity index (χ1n) is 7.72. The molecule has 0 nitrogen and oxygen atoms in total. The summed E-state index contributed by atoms with van der Waals surface area (Å²) in [5, 5.41) is 0. The number of hydrogen-bond acceptors (Lipinski definition) is 0. The molecule has 126 valence electrons. The maximum absolute atomic E-state index is 14.2. The molecule has 2 rings (SSSR count). The maximum atomic E-state index is 14.2. The predicted molar refractivity (Wildman–Crippen MR) is 84.1 cm³/mol. The van der Waals surface area contributed by atoms with Gasteiger partial charge >= 0.3 is 0 Å². The van der Waals surface area contributed by atoms with Gasteiger partial charge in [-0.3, -0.25) is 0 Å². The summed E-state index contributed by atoms with van der Waals surface area (Å²) in [6.45, 7) is 11.3. The summed E-state index contributed by atoms with van der Waals surface area (Å²) >= 11 is 0. The highest BCUT2D eigenvalue weighted by Crippen LogP contribution is 2.60. The summed E-state index contributed by atoms with van der Waals surface area (Å²) in [6.07, 6.45) is 3.01. The molecule has 4 heteroatoms. The third-order valence-electron chi connectivity index (χ3n) is 4.87. The van der Waals surface area contributed by atoms with Crippen molar-refractivity contribution in [3.05, 3.63) is 58.7 Å². The molecule has 1 aromatic rings. The van der Waals surface area contributed by atoms with Gasteiger partial charge in [-0.1, -0.05) is 31.6 Å². The normalized spacial score (nSPS) is 21.9. The monoisotopic (exact) mass is 326 g/mol. The van der Waals surface area contributed by atoms with Crippen LogP contribution in [0.3, 0.4) is 0 Å². The lowest BCUT2D eigenvalue weighted by atomic mass is 9.98. The lowest BCUT2D eigenvalue weighted by Crippen LogP contribution is -2.10. The van der Waals surface area contributed by atoms with Crippen LogP contribution in [0.5, 0.6) is 0 Å². The number of rotatable bonds is 5. The molecule has 0 unspecified atom stereocenters. The Morgan fingerprint density at radius 3 is 1.91 bits per heavy atom. The molecule has 0 spiro atoms. The summed E-state index contributed by atoms with van der Waals surface area (Å²) < 4.78 is 56.5. The quantitative estimate of drug-likeness (QED) is 0.367. The van der Waals surface area contributed by atoms with Gasteiger partial charge < -0.3 is 0 Å². The first-order valence-corrected chi connectivity index (χ1v) is 7.72. The number of benzene rings is 1. The number of halogens is 4. The van der Waals surface area contributed by atoms with Gasteiger partial charge in [-0.05, 0) is 43.9 Å². The van der Waals surface area contributed by atoms with E-state index in [4.69, 9.17) is 0 Å². The maximum Gasteiger partial charge on any atom is 0.165 e. The Bertz CT molecular complexity index is 637. The molecular formula is C19H22F4. The zero-order valence-electron chi connectivity index (χ0n) is 13.9. The fraction of sp³-hybridized carbons (Fsp3) is 0.474. The van der Waals surface area contributed by atoms with Gasteiger partial charge in [-0.2, -0.15) is 0 Å². The highest BCUT2D eigenvalue weighted by molar-refractivity contribution is 5.33. The van der Waals surface area contributed by atoms with Crippen molar-refractivity contribution in [3.8, 4) is 0 Å². The van der Waals surface area contributed by atoms with E-state index in [1.807, 2.05) is 27.7 Å². The van der Waals surface area contributed by atoms with Crippen molar-refractivity contribution in [1.29, 1.82) is 0 Å². The molecule has 1 fully saturated rings. The van der Waals surface area contributed by atoms with Crippen LogP contribution in [0.1, 0.15) is 38.8 Å². The van der Waals surface area contributed by atoms with Crippen LogP contribution in [-0.4, -0.2) is 0 Å². The van der Waals surface area contributed by atoms with E-state index in [-0.39, 0.29) is 30.1 Å². The van der Waals surface area contributed by atoms with E-state index in [0.29, 0.717) is 0 Å². The third kappa shape index (κ3) is 3.08. The average molecular weight is 326 g/mol. The molecule has 0 N–H and O–H groups in total. The zero-order chi connectivity index (χ0) is 17.5. The van der Waals surface area contributed by atoms with Gasteiger partial charge in [0, 0.05) is 11.1 Å². The van der Waals surface area contributed by atoms with Gasteiger partial charge in [0.2, 0.25) is 0 Å². The molecule has 1 aliphatic rings. The third-order valence-corrected chi connectivity index (χ3v) is 4.87. The van der Waals surface area contributed by atoms with Gasteiger partial charge in [-0.15, -0.1) is 6.58 Å². The Morgan fingerprint density at radius 1 is 1.00 bits per heavy atom. The Kier molecular flexibility index (Phi) is 4.74. The summed E-state index contributed by atoms with van der Waals surface area (Å²) in [5.41, 5.74) is -0.112. The summed E-state index contributed by atoms with van der Waals surface area (Å²) in [5.74, 6) is -5.05. The van der Waals surface area contributed by atoms with E-state index >= 15 is 0 Å². The van der Waals surface area contributed by atoms with Gasteiger partial charge in [-0.25, -0.2) is 17.6 Å². The summed E-state index contributed by atoms with van der Waals surface area (Å²) in [6, 6.07) is 0. The second-order valence-electron chi connectivity index (χ2n) is 7.11. The molecule has 2 atom stereocenters. The topological polar surface area (TPSA) is 0 Å². The van der Waals surface area contributed by atoms with Crippen LogP contribution < -0.4 is 0 Å². The van der Waals surface area contributed by atoms with Crippen LogP contribution in [0, 0.1) is 40.5 Å². The minimum absolute atomic E-state index is 0.0126. The second-order valence-corrected chi connectivity index (χ2v) is 7.11. The predicted octanol–water partition coefficient (Wildman–Crippen LogP) is 5.75. The summed E-state index contributed by atoms with van der Waals surface area (Å²) in [4.78, 5) is 0. The van der Waals surface area contributed by atoms with Gasteiger partial charge in [0.15, 0.2) is 23.3 Å². The minimum Gasteiger partial charge on any atom is -0.203 e. The van der Waals surface area contributed by atoms with Crippen LogP contribution in [0.2, 0.25) is 0 Å². The highest BCUT2D eigenvalue weighted by Gasteiger charge is 2.56.